The molecule has 1 amide bonds. The van der Waals surface area contributed by atoms with Crippen molar-refractivity contribution in [3.63, 3.8) is 0 Å². The molecule has 19 nitrogen and oxygen atoms in total. The van der Waals surface area contributed by atoms with Gasteiger partial charge in [-0.15, -0.1) is 0 Å². The first kappa shape index (κ1) is 32.3. The standard InChI is InChI=1S/C25H31N10O9PS2/c1-12(2)22(36)32-25-31-21-19(23(37)33-25)29-11-35(21)24-18-5-15(42-24)6-30-47(39,40)44-17-4-14(3-13(17)8-41-45(38,46)43-18)34-10-28-16-7-26-9-27-20(16)34/h7,9-15,17-18,24,30H,3-6,8H2,1-2H3,(H,38,46)(H2,31,32,33,36,37)/t13-,14-,15+,17+,18-,24-,45?/m1/s1. The third-order valence-corrected chi connectivity index (χ3v) is 10.9. The fourth-order valence-corrected chi connectivity index (χ4v) is 8.54. The number of aromatic nitrogens is 8. The summed E-state index contributed by atoms with van der Waals surface area (Å²) in [4.78, 5) is 59.9. The van der Waals surface area contributed by atoms with Crippen LogP contribution in [0.25, 0.3) is 22.3 Å². The average Bonchev–Trinajstić information content (AvgIpc) is 3.79. The highest BCUT2D eigenvalue weighted by Gasteiger charge is 2.45. The van der Waals surface area contributed by atoms with Crippen LogP contribution in [0.15, 0.2) is 30.0 Å². The van der Waals surface area contributed by atoms with Gasteiger partial charge in [-0.2, -0.15) is 18.1 Å². The molecule has 1 aliphatic carbocycles. The first-order valence-corrected chi connectivity index (χ1v) is 18.7. The minimum Gasteiger partial charge on any atom is -0.350 e. The van der Waals surface area contributed by atoms with E-state index in [4.69, 9.17) is 29.8 Å². The third-order valence-electron chi connectivity index (χ3n) is 8.31. The van der Waals surface area contributed by atoms with Gasteiger partial charge in [0.05, 0.1) is 37.7 Å². The van der Waals surface area contributed by atoms with Crippen molar-refractivity contribution in [2.24, 2.45) is 11.8 Å². The molecule has 4 aromatic heterocycles. The average molecular weight is 711 g/mol. The molecule has 4 N–H and O–H groups in total. The van der Waals surface area contributed by atoms with E-state index in [2.05, 4.69) is 39.9 Å². The quantitative estimate of drug-likeness (QED) is 0.213. The summed E-state index contributed by atoms with van der Waals surface area (Å²) < 4.78 is 55.6. The predicted octanol–water partition coefficient (Wildman–Crippen LogP) is 0.644. The Hall–Kier alpha value is -3.27. The lowest BCUT2D eigenvalue weighted by Gasteiger charge is -2.26. The van der Waals surface area contributed by atoms with E-state index in [-0.39, 0.29) is 54.6 Å². The highest BCUT2D eigenvalue weighted by atomic mass is 32.5. The Morgan fingerprint density at radius 2 is 1.96 bits per heavy atom. The van der Waals surface area contributed by atoms with Crippen LogP contribution in [0.4, 0.5) is 5.95 Å². The summed E-state index contributed by atoms with van der Waals surface area (Å²) in [6.45, 7) is -0.920. The van der Waals surface area contributed by atoms with Gasteiger partial charge in [0.15, 0.2) is 23.0 Å². The van der Waals surface area contributed by atoms with Gasteiger partial charge in [-0.25, -0.2) is 19.9 Å². The molecule has 1 unspecified atom stereocenters. The van der Waals surface area contributed by atoms with Crippen molar-refractivity contribution in [2.45, 2.75) is 63.7 Å². The number of aromatic amines is 1. The molecule has 2 aliphatic heterocycles. The Balaban J connectivity index is 1.16. The second kappa shape index (κ2) is 12.3. The number of nitrogens with one attached hydrogen (secondary N) is 3. The molecule has 0 radical (unpaired) electrons. The predicted molar refractivity (Wildman–Crippen MR) is 166 cm³/mol. The smallest absolute Gasteiger partial charge is 0.336 e. The van der Waals surface area contributed by atoms with Crippen molar-refractivity contribution in [2.75, 3.05) is 18.5 Å². The number of H-pyrrole nitrogens is 1. The summed E-state index contributed by atoms with van der Waals surface area (Å²) in [5.74, 6) is -1.34. The number of ether oxygens (including phenoxy) is 1. The Morgan fingerprint density at radius 1 is 1.15 bits per heavy atom. The molecule has 7 atom stereocenters. The highest BCUT2D eigenvalue weighted by Crippen LogP contribution is 2.51. The molecule has 1 saturated carbocycles. The van der Waals surface area contributed by atoms with Crippen LogP contribution in [0.3, 0.4) is 0 Å². The van der Waals surface area contributed by atoms with E-state index in [1.54, 1.807) is 26.4 Å². The van der Waals surface area contributed by atoms with Crippen molar-refractivity contribution in [1.82, 2.24) is 43.8 Å². The lowest BCUT2D eigenvalue weighted by atomic mass is 10.1. The minimum atomic E-state index is -4.27. The molecule has 22 heteroatoms. The Bertz CT molecular complexity index is 2050. The maximum absolute atomic E-state index is 13.2. The monoisotopic (exact) mass is 710 g/mol. The maximum atomic E-state index is 13.2. The van der Waals surface area contributed by atoms with Crippen LogP contribution in [0.5, 0.6) is 0 Å². The first-order chi connectivity index (χ1) is 22.4. The molecule has 4 aromatic rings. The number of rotatable bonds is 4. The summed E-state index contributed by atoms with van der Waals surface area (Å²) in [6, 6.07) is -0.238. The Morgan fingerprint density at radius 3 is 2.77 bits per heavy atom. The number of nitrogens with zero attached hydrogens (tertiary/aromatic N) is 7. The zero-order chi connectivity index (χ0) is 33.1. The lowest BCUT2D eigenvalue weighted by molar-refractivity contribution is -0.118. The molecular formula is C25H31N10O9PS2. The van der Waals surface area contributed by atoms with Crippen LogP contribution in [-0.4, -0.2) is 89.7 Å². The summed E-state index contributed by atoms with van der Waals surface area (Å²) >= 11 is 5.41. The summed E-state index contributed by atoms with van der Waals surface area (Å²) in [5, 5.41) is 2.55. The van der Waals surface area contributed by atoms with Gasteiger partial charge in [-0.3, -0.25) is 28.6 Å². The van der Waals surface area contributed by atoms with Crippen molar-refractivity contribution < 1.29 is 36.1 Å². The maximum Gasteiger partial charge on any atom is 0.336 e. The third kappa shape index (κ3) is 6.59. The molecule has 0 aromatic carbocycles. The van der Waals surface area contributed by atoms with Gasteiger partial charge < -0.3 is 23.2 Å². The molecule has 2 bridgehead atoms. The van der Waals surface area contributed by atoms with Crippen molar-refractivity contribution in [3.8, 4) is 0 Å². The van der Waals surface area contributed by atoms with E-state index >= 15 is 0 Å². The van der Waals surface area contributed by atoms with Crippen LogP contribution in [0.2, 0.25) is 0 Å². The van der Waals surface area contributed by atoms with Crippen LogP contribution < -0.4 is 15.6 Å². The number of hydrogen-bond acceptors (Lipinski definition) is 14. The number of amides is 1. The molecule has 252 valence electrons. The number of hydrogen-bond donors (Lipinski definition) is 4. The molecule has 7 rings (SSSR count). The zero-order valence-corrected chi connectivity index (χ0v) is 27.5. The van der Waals surface area contributed by atoms with Crippen molar-refractivity contribution in [3.05, 3.63) is 35.5 Å². The fraction of sp³-hybridized carbons (Fsp3) is 0.560. The van der Waals surface area contributed by atoms with Gasteiger partial charge >= 0.3 is 17.0 Å². The minimum absolute atomic E-state index is 0.0412. The summed E-state index contributed by atoms with van der Waals surface area (Å²) in [6.07, 6.45) is 3.10. The van der Waals surface area contributed by atoms with Gasteiger partial charge in [-0.05, 0) is 24.6 Å². The SMILES string of the molecule is CC(C)C(=O)Nc1nc2c(ncn2[C@@H]2O[C@@H]3CNS(=O)(=O)O[C@H]4C[C@H](n5cnc6cncnc65)C[C@@H]4COP(O)(=S)O[C@@H]2C3)c(=O)[nH]1. The second-order valence-corrected chi connectivity index (χ2v) is 16.1. The number of anilines is 1. The first-order valence-electron chi connectivity index (χ1n) is 14.7. The van der Waals surface area contributed by atoms with Gasteiger partial charge in [0.25, 0.3) is 5.56 Å². The van der Waals surface area contributed by atoms with E-state index in [0.29, 0.717) is 24.0 Å². The molecule has 47 heavy (non-hydrogen) atoms. The number of carbonyl (C=O) groups is 1. The zero-order valence-electron chi connectivity index (χ0n) is 25.0. The summed E-state index contributed by atoms with van der Waals surface area (Å²) in [7, 11) is -4.27. The Kier molecular flexibility index (Phi) is 8.46. The van der Waals surface area contributed by atoms with E-state index in [9.17, 15) is 22.9 Å². The second-order valence-electron chi connectivity index (χ2n) is 11.9. The van der Waals surface area contributed by atoms with Crippen molar-refractivity contribution >= 4 is 63.0 Å². The Labute approximate surface area is 271 Å². The molecule has 3 aliphatic rings. The van der Waals surface area contributed by atoms with E-state index < -0.39 is 53.0 Å². The number of imidazole rings is 2. The highest BCUT2D eigenvalue weighted by molar-refractivity contribution is 8.07. The topological polar surface area (TPSA) is 240 Å². The van der Waals surface area contributed by atoms with E-state index in [1.165, 1.54) is 17.2 Å². The summed E-state index contributed by atoms with van der Waals surface area (Å²) in [5.41, 5.74) is 0.589. The van der Waals surface area contributed by atoms with Crippen LogP contribution in [-0.2, 0) is 44.9 Å². The van der Waals surface area contributed by atoms with E-state index in [0.717, 1.165) is 0 Å². The van der Waals surface area contributed by atoms with Gasteiger partial charge in [0, 0.05) is 30.8 Å². The molecule has 6 heterocycles. The largest absolute Gasteiger partial charge is 0.350 e. The number of carbonyl (C=O) groups excluding carboxylic acids is 1. The van der Waals surface area contributed by atoms with Crippen LogP contribution in [0, 0.1) is 11.8 Å². The molecular weight excluding hydrogens is 679 g/mol. The fourth-order valence-electron chi connectivity index (χ4n) is 6.03. The van der Waals surface area contributed by atoms with Gasteiger partial charge in [-0.1, -0.05) is 13.8 Å². The molecule has 3 fully saturated rings. The van der Waals surface area contributed by atoms with E-state index in [1.807, 2.05) is 4.57 Å². The molecule has 0 spiro atoms. The van der Waals surface area contributed by atoms with Crippen molar-refractivity contribution in [1.29, 1.82) is 0 Å². The molecule has 2 saturated heterocycles. The van der Waals surface area contributed by atoms with Crippen LogP contribution >= 0.6 is 6.72 Å². The number of fused-ring (bicyclic) bond motifs is 5. The van der Waals surface area contributed by atoms with Gasteiger partial charge in [0.2, 0.25) is 11.9 Å². The normalized spacial score (nSPS) is 31.3. The van der Waals surface area contributed by atoms with Gasteiger partial charge in [0.1, 0.15) is 17.9 Å². The lowest BCUT2D eigenvalue weighted by Crippen LogP contribution is -2.37. The van der Waals surface area contributed by atoms with Crippen LogP contribution in [0.1, 0.15) is 45.4 Å².